The molecule has 0 bridgehead atoms. The maximum absolute atomic E-state index is 14.4. The zero-order chi connectivity index (χ0) is 30.4. The van der Waals surface area contributed by atoms with Crippen LogP contribution < -0.4 is 10.1 Å². The van der Waals surface area contributed by atoms with Crippen LogP contribution in [-0.4, -0.2) is 114 Å². The van der Waals surface area contributed by atoms with Crippen molar-refractivity contribution in [2.45, 2.75) is 76.4 Å². The van der Waals surface area contributed by atoms with Crippen molar-refractivity contribution in [2.24, 2.45) is 0 Å². The van der Waals surface area contributed by atoms with Gasteiger partial charge in [0.05, 0.1) is 18.2 Å². The maximum Gasteiger partial charge on any atom is 0.258 e. The van der Waals surface area contributed by atoms with E-state index in [1.165, 1.54) is 36.0 Å². The smallest absolute Gasteiger partial charge is 0.258 e. The van der Waals surface area contributed by atoms with E-state index >= 15 is 0 Å². The lowest BCUT2D eigenvalue weighted by atomic mass is 10.1. The summed E-state index contributed by atoms with van der Waals surface area (Å²) in [7, 11) is 3.02. The van der Waals surface area contributed by atoms with Gasteiger partial charge in [0.15, 0.2) is 0 Å². The lowest BCUT2D eigenvalue weighted by Crippen LogP contribution is -2.49. The number of carbonyl (C=O) groups excluding carboxylic acids is 5. The summed E-state index contributed by atoms with van der Waals surface area (Å²) >= 11 is 0. The Morgan fingerprint density at radius 3 is 2.55 bits per heavy atom. The van der Waals surface area contributed by atoms with Gasteiger partial charge in [-0.15, -0.1) is 0 Å². The fourth-order valence-electron chi connectivity index (χ4n) is 5.90. The highest BCUT2D eigenvalue weighted by atomic mass is 19.1. The molecule has 0 aliphatic carbocycles. The van der Waals surface area contributed by atoms with Crippen molar-refractivity contribution in [1.29, 1.82) is 0 Å². The summed E-state index contributed by atoms with van der Waals surface area (Å²) in [6.07, 6.45) is 4.20. The van der Waals surface area contributed by atoms with Crippen LogP contribution in [0.2, 0.25) is 0 Å². The number of halogens is 1. The van der Waals surface area contributed by atoms with Gasteiger partial charge in [0, 0.05) is 52.6 Å². The second kappa shape index (κ2) is 14.0. The molecule has 3 heterocycles. The number of benzene rings is 1. The molecule has 3 aliphatic rings. The van der Waals surface area contributed by atoms with Gasteiger partial charge in [-0.25, -0.2) is 4.39 Å². The number of nitrogens with zero attached hydrogens (tertiary/aromatic N) is 4. The summed E-state index contributed by atoms with van der Waals surface area (Å²) in [5, 5.41) is 3.00. The van der Waals surface area contributed by atoms with Crippen LogP contribution in [0.4, 0.5) is 4.39 Å². The van der Waals surface area contributed by atoms with Gasteiger partial charge in [-0.3, -0.25) is 24.0 Å². The highest BCUT2D eigenvalue weighted by molar-refractivity contribution is 5.99. The Morgan fingerprint density at radius 1 is 1.10 bits per heavy atom. The largest absolute Gasteiger partial charge is 0.491 e. The number of rotatable bonds is 5. The van der Waals surface area contributed by atoms with E-state index < -0.39 is 23.8 Å². The molecular formula is C30H42FN5O6. The highest BCUT2D eigenvalue weighted by Crippen LogP contribution is 2.27. The second-order valence-corrected chi connectivity index (χ2v) is 11.5. The summed E-state index contributed by atoms with van der Waals surface area (Å²) in [5.41, 5.74) is -0.0460. The number of hydrogen-bond donors (Lipinski definition) is 1. The van der Waals surface area contributed by atoms with Gasteiger partial charge >= 0.3 is 0 Å². The van der Waals surface area contributed by atoms with E-state index in [1.54, 1.807) is 9.80 Å². The summed E-state index contributed by atoms with van der Waals surface area (Å²) in [6.45, 7) is 3.24. The Morgan fingerprint density at radius 2 is 1.83 bits per heavy atom. The summed E-state index contributed by atoms with van der Waals surface area (Å²) in [4.78, 5) is 72.1. The molecule has 1 aromatic carbocycles. The van der Waals surface area contributed by atoms with Crippen LogP contribution in [0, 0.1) is 5.82 Å². The number of unbranched alkanes of at least 4 members (excludes halogenated alkanes) is 1. The SMILES string of the molecule is CCCCC(=O)N[C@@H]1C[C@H]2COc3ccc(F)cc3C(=O)N(C)[C@H](C(=O)N3CCCC3)CCC(=O)N(C)CC(=O)N2C1. The zero-order valence-electron chi connectivity index (χ0n) is 24.8. The molecule has 3 aliphatic heterocycles. The van der Waals surface area contributed by atoms with Gasteiger partial charge in [0.2, 0.25) is 23.6 Å². The van der Waals surface area contributed by atoms with Crippen molar-refractivity contribution in [2.75, 3.05) is 46.9 Å². The van der Waals surface area contributed by atoms with Crippen molar-refractivity contribution in [3.05, 3.63) is 29.6 Å². The van der Waals surface area contributed by atoms with Crippen LogP contribution in [0.3, 0.4) is 0 Å². The van der Waals surface area contributed by atoms with E-state index in [4.69, 9.17) is 4.74 Å². The first-order chi connectivity index (χ1) is 20.1. The number of nitrogens with one attached hydrogen (secondary N) is 1. The van der Waals surface area contributed by atoms with E-state index in [9.17, 15) is 28.4 Å². The molecule has 0 radical (unpaired) electrons. The highest BCUT2D eigenvalue weighted by Gasteiger charge is 2.38. The average molecular weight is 588 g/mol. The molecule has 2 fully saturated rings. The Bertz CT molecular complexity index is 1190. The summed E-state index contributed by atoms with van der Waals surface area (Å²) < 4.78 is 20.5. The van der Waals surface area contributed by atoms with Gasteiger partial charge in [-0.05, 0) is 50.3 Å². The molecule has 0 unspecified atom stereocenters. The number of likely N-dealkylation sites (N-methyl/N-ethyl adjacent to an activating group) is 2. The van der Waals surface area contributed by atoms with Crippen molar-refractivity contribution in [3.63, 3.8) is 0 Å². The predicted molar refractivity (Wildman–Crippen MR) is 152 cm³/mol. The number of carbonyl (C=O) groups is 5. The van der Waals surface area contributed by atoms with Crippen LogP contribution in [0.15, 0.2) is 18.2 Å². The van der Waals surface area contributed by atoms with Gasteiger partial charge in [0.1, 0.15) is 24.2 Å². The molecule has 42 heavy (non-hydrogen) atoms. The first kappa shape index (κ1) is 31.2. The molecule has 0 spiro atoms. The lowest BCUT2D eigenvalue weighted by Gasteiger charge is -2.31. The molecule has 230 valence electrons. The molecule has 0 saturated carbocycles. The Hall–Kier alpha value is -3.70. The monoisotopic (exact) mass is 587 g/mol. The molecule has 12 heteroatoms. The third-order valence-electron chi connectivity index (χ3n) is 8.38. The standard InChI is InChI=1S/C30H42FN5O6/c1-4-5-8-26(37)32-21-16-22-19-42-25-11-9-20(31)15-23(25)29(40)34(3)24(30(41)35-13-6-7-14-35)10-12-27(38)33(2)18-28(39)36(22)17-21/h9,11,15,21-22,24H,4-8,10,12-14,16-19H2,1-3H3,(H,32,37)/t21-,22+,24+/m1/s1. The number of likely N-dealkylation sites (tertiary alicyclic amines) is 1. The van der Waals surface area contributed by atoms with Crippen molar-refractivity contribution >= 4 is 29.5 Å². The number of ether oxygens (including phenoxy) is 1. The molecule has 5 amide bonds. The van der Waals surface area contributed by atoms with E-state index in [-0.39, 0.29) is 73.5 Å². The van der Waals surface area contributed by atoms with E-state index in [0.717, 1.165) is 31.7 Å². The molecule has 0 aromatic heterocycles. The molecule has 2 saturated heterocycles. The van der Waals surface area contributed by atoms with Crippen LogP contribution in [0.1, 0.15) is 68.6 Å². The number of fused-ring (bicyclic) bond motifs is 2. The molecular weight excluding hydrogens is 545 g/mol. The van der Waals surface area contributed by atoms with Crippen molar-refractivity contribution in [1.82, 2.24) is 24.9 Å². The maximum atomic E-state index is 14.4. The number of hydrogen-bond acceptors (Lipinski definition) is 6. The topological polar surface area (TPSA) is 120 Å². The summed E-state index contributed by atoms with van der Waals surface area (Å²) in [5.74, 6) is -2.07. The van der Waals surface area contributed by atoms with Gasteiger partial charge in [0.25, 0.3) is 5.91 Å². The van der Waals surface area contributed by atoms with Crippen LogP contribution in [0.25, 0.3) is 0 Å². The van der Waals surface area contributed by atoms with Crippen LogP contribution in [-0.2, 0) is 19.2 Å². The Balaban J connectivity index is 1.62. The first-order valence-electron chi connectivity index (χ1n) is 14.9. The van der Waals surface area contributed by atoms with E-state index in [1.807, 2.05) is 6.92 Å². The molecule has 4 rings (SSSR count). The second-order valence-electron chi connectivity index (χ2n) is 11.5. The average Bonchev–Trinajstić information content (AvgIpc) is 3.65. The lowest BCUT2D eigenvalue weighted by molar-refractivity contribution is -0.141. The van der Waals surface area contributed by atoms with Gasteiger partial charge < -0.3 is 29.7 Å². The third-order valence-corrected chi connectivity index (χ3v) is 8.38. The molecule has 1 aromatic rings. The van der Waals surface area contributed by atoms with Gasteiger partial charge in [-0.1, -0.05) is 13.3 Å². The molecule has 1 N–H and O–H groups in total. The molecule has 11 nitrogen and oxygen atoms in total. The fraction of sp³-hybridized carbons (Fsp3) is 0.633. The predicted octanol–water partition coefficient (Wildman–Crippen LogP) is 1.80. The third kappa shape index (κ3) is 7.38. The van der Waals surface area contributed by atoms with E-state index in [0.29, 0.717) is 25.9 Å². The Kier molecular flexibility index (Phi) is 10.4. The normalized spacial score (nSPS) is 24.1. The van der Waals surface area contributed by atoms with Crippen molar-refractivity contribution < 1.29 is 33.1 Å². The Labute approximate surface area is 246 Å². The minimum atomic E-state index is -0.940. The minimum absolute atomic E-state index is 0.00348. The first-order valence-corrected chi connectivity index (χ1v) is 14.9. The van der Waals surface area contributed by atoms with Crippen LogP contribution >= 0.6 is 0 Å². The zero-order valence-corrected chi connectivity index (χ0v) is 24.8. The summed E-state index contributed by atoms with van der Waals surface area (Å²) in [6, 6.07) is 1.97. The fourth-order valence-corrected chi connectivity index (χ4v) is 5.90. The molecule has 3 atom stereocenters. The van der Waals surface area contributed by atoms with Crippen LogP contribution in [0.5, 0.6) is 5.75 Å². The van der Waals surface area contributed by atoms with Crippen molar-refractivity contribution in [3.8, 4) is 5.75 Å². The minimum Gasteiger partial charge on any atom is -0.491 e. The quantitative estimate of drug-likeness (QED) is 0.561. The van der Waals surface area contributed by atoms with E-state index in [2.05, 4.69) is 5.32 Å². The van der Waals surface area contributed by atoms with Gasteiger partial charge in [-0.2, -0.15) is 0 Å². The number of amides is 5.